The van der Waals surface area contributed by atoms with Crippen LogP contribution in [0.4, 0.5) is 8.78 Å². The van der Waals surface area contributed by atoms with Gasteiger partial charge in [0.1, 0.15) is 23.5 Å². The Hall–Kier alpha value is -1.65. The molecule has 0 aromatic heterocycles. The first-order chi connectivity index (χ1) is 9.52. The standard InChI is InChI=1S/C15H12ClF2NO/c16-9-3-8(4-11(18)5-9)14-7-13(19)12-2-1-10(17)6-15(12)20-14/h1-6,13-14H,7,19H2/t13-,14?/m1/s1. The molecule has 20 heavy (non-hydrogen) atoms. The number of hydrogen-bond acceptors (Lipinski definition) is 2. The molecular weight excluding hydrogens is 284 g/mol. The molecule has 0 radical (unpaired) electrons. The lowest BCUT2D eigenvalue weighted by Gasteiger charge is -2.30. The van der Waals surface area contributed by atoms with Crippen LogP contribution in [0.3, 0.4) is 0 Å². The lowest BCUT2D eigenvalue weighted by molar-refractivity contribution is 0.160. The SMILES string of the molecule is N[C@@H]1CC(c2cc(F)cc(Cl)c2)Oc2cc(F)ccc21. The molecule has 2 aromatic carbocycles. The second-order valence-electron chi connectivity index (χ2n) is 4.83. The van der Waals surface area contributed by atoms with Crippen LogP contribution in [0.15, 0.2) is 36.4 Å². The Morgan fingerprint density at radius 3 is 2.65 bits per heavy atom. The molecule has 0 saturated carbocycles. The molecule has 2 aromatic rings. The molecule has 3 rings (SSSR count). The maximum atomic E-state index is 13.4. The van der Waals surface area contributed by atoms with Crippen molar-refractivity contribution >= 4 is 11.6 Å². The largest absolute Gasteiger partial charge is 0.485 e. The fourth-order valence-electron chi connectivity index (χ4n) is 2.44. The Labute approximate surface area is 120 Å². The molecule has 2 nitrogen and oxygen atoms in total. The second-order valence-corrected chi connectivity index (χ2v) is 5.27. The van der Waals surface area contributed by atoms with Crippen molar-refractivity contribution in [2.45, 2.75) is 18.6 Å². The van der Waals surface area contributed by atoms with Gasteiger partial charge in [-0.05, 0) is 29.8 Å². The zero-order valence-corrected chi connectivity index (χ0v) is 11.2. The van der Waals surface area contributed by atoms with Gasteiger partial charge in [-0.15, -0.1) is 0 Å². The summed E-state index contributed by atoms with van der Waals surface area (Å²) in [6, 6.07) is 8.18. The molecule has 2 N–H and O–H groups in total. The van der Waals surface area contributed by atoms with Crippen LogP contribution in [0.25, 0.3) is 0 Å². The van der Waals surface area contributed by atoms with Crippen LogP contribution in [0, 0.1) is 11.6 Å². The van der Waals surface area contributed by atoms with Crippen LogP contribution in [0.1, 0.15) is 29.7 Å². The predicted octanol–water partition coefficient (Wildman–Crippen LogP) is 4.14. The highest BCUT2D eigenvalue weighted by Crippen LogP contribution is 2.40. The molecule has 0 amide bonds. The van der Waals surface area contributed by atoms with Crippen molar-refractivity contribution in [3.63, 3.8) is 0 Å². The highest BCUT2D eigenvalue weighted by atomic mass is 35.5. The highest BCUT2D eigenvalue weighted by molar-refractivity contribution is 6.30. The van der Waals surface area contributed by atoms with E-state index in [2.05, 4.69) is 0 Å². The van der Waals surface area contributed by atoms with Crippen molar-refractivity contribution < 1.29 is 13.5 Å². The fourth-order valence-corrected chi connectivity index (χ4v) is 2.67. The predicted molar refractivity (Wildman–Crippen MR) is 72.7 cm³/mol. The average molecular weight is 296 g/mol. The molecule has 0 saturated heterocycles. The van der Waals surface area contributed by atoms with Crippen LogP contribution in [-0.4, -0.2) is 0 Å². The Kier molecular flexibility index (Phi) is 3.36. The summed E-state index contributed by atoms with van der Waals surface area (Å²) >= 11 is 5.84. The van der Waals surface area contributed by atoms with E-state index in [-0.39, 0.29) is 6.04 Å². The van der Waals surface area contributed by atoms with Gasteiger partial charge in [0.2, 0.25) is 0 Å². The minimum Gasteiger partial charge on any atom is -0.485 e. The summed E-state index contributed by atoms with van der Waals surface area (Å²) in [4.78, 5) is 0. The quantitative estimate of drug-likeness (QED) is 0.858. The Bertz CT molecular complexity index is 642. The lowest BCUT2D eigenvalue weighted by Crippen LogP contribution is -2.24. The zero-order chi connectivity index (χ0) is 14.3. The minimum absolute atomic E-state index is 0.286. The summed E-state index contributed by atoms with van der Waals surface area (Å²) in [5.74, 6) is -0.433. The molecule has 0 spiro atoms. The number of ether oxygens (including phenoxy) is 1. The molecule has 1 aliphatic heterocycles. The molecule has 0 fully saturated rings. The van der Waals surface area contributed by atoms with Crippen molar-refractivity contribution in [1.82, 2.24) is 0 Å². The van der Waals surface area contributed by atoms with Crippen molar-refractivity contribution in [2.24, 2.45) is 5.73 Å². The number of hydrogen-bond donors (Lipinski definition) is 1. The first-order valence-electron chi connectivity index (χ1n) is 6.20. The van der Waals surface area contributed by atoms with Crippen LogP contribution in [-0.2, 0) is 0 Å². The molecule has 104 valence electrons. The van der Waals surface area contributed by atoms with Crippen molar-refractivity contribution in [1.29, 1.82) is 0 Å². The summed E-state index contributed by atoms with van der Waals surface area (Å²) in [7, 11) is 0. The van der Waals surface area contributed by atoms with Crippen molar-refractivity contribution in [2.75, 3.05) is 0 Å². The van der Waals surface area contributed by atoms with Crippen molar-refractivity contribution in [3.05, 3.63) is 64.2 Å². The Balaban J connectivity index is 1.98. The van der Waals surface area contributed by atoms with Crippen LogP contribution in [0.5, 0.6) is 5.75 Å². The molecule has 1 aliphatic rings. The summed E-state index contributed by atoms with van der Waals surface area (Å²) in [6.45, 7) is 0. The second kappa shape index (κ2) is 5.04. The summed E-state index contributed by atoms with van der Waals surface area (Å²) in [5, 5.41) is 0.294. The van der Waals surface area contributed by atoms with Crippen LogP contribution < -0.4 is 10.5 Å². The summed E-state index contributed by atoms with van der Waals surface area (Å²) in [6.07, 6.45) is 0.0470. The average Bonchev–Trinajstić information content (AvgIpc) is 2.36. The van der Waals surface area contributed by atoms with E-state index >= 15 is 0 Å². The molecule has 2 atom stereocenters. The molecule has 5 heteroatoms. The first-order valence-corrected chi connectivity index (χ1v) is 6.58. The van der Waals surface area contributed by atoms with E-state index < -0.39 is 17.7 Å². The molecule has 1 heterocycles. The van der Waals surface area contributed by atoms with Gasteiger partial charge in [-0.3, -0.25) is 0 Å². The van der Waals surface area contributed by atoms with E-state index in [0.717, 1.165) is 5.56 Å². The van der Waals surface area contributed by atoms with E-state index in [1.165, 1.54) is 24.3 Å². The molecule has 0 aliphatic carbocycles. The Morgan fingerprint density at radius 1 is 1.10 bits per heavy atom. The maximum Gasteiger partial charge on any atom is 0.127 e. The third-order valence-electron chi connectivity index (χ3n) is 3.37. The van der Waals surface area contributed by atoms with Gasteiger partial charge in [0, 0.05) is 29.1 Å². The molecule has 1 unspecified atom stereocenters. The lowest BCUT2D eigenvalue weighted by atomic mass is 9.93. The molecular formula is C15H12ClF2NO. The van der Waals surface area contributed by atoms with Gasteiger partial charge in [-0.2, -0.15) is 0 Å². The van der Waals surface area contributed by atoms with Gasteiger partial charge in [0.15, 0.2) is 0 Å². The van der Waals surface area contributed by atoms with Crippen molar-refractivity contribution in [3.8, 4) is 5.75 Å². The molecule has 0 bridgehead atoms. The normalized spacial score (nSPS) is 21.2. The van der Waals surface area contributed by atoms with E-state index in [9.17, 15) is 8.78 Å². The minimum atomic E-state index is -0.438. The Morgan fingerprint density at radius 2 is 1.90 bits per heavy atom. The zero-order valence-electron chi connectivity index (χ0n) is 10.4. The number of nitrogens with two attached hydrogens (primary N) is 1. The number of rotatable bonds is 1. The smallest absolute Gasteiger partial charge is 0.127 e. The van der Waals surface area contributed by atoms with E-state index in [0.29, 0.717) is 22.8 Å². The van der Waals surface area contributed by atoms with Gasteiger partial charge in [-0.1, -0.05) is 17.7 Å². The maximum absolute atomic E-state index is 13.4. The monoisotopic (exact) mass is 295 g/mol. The number of benzene rings is 2. The third-order valence-corrected chi connectivity index (χ3v) is 3.59. The number of fused-ring (bicyclic) bond motifs is 1. The van der Waals surface area contributed by atoms with E-state index in [1.54, 1.807) is 12.1 Å². The van der Waals surface area contributed by atoms with Gasteiger partial charge in [-0.25, -0.2) is 8.78 Å². The third kappa shape index (κ3) is 2.49. The van der Waals surface area contributed by atoms with Gasteiger partial charge in [0.25, 0.3) is 0 Å². The van der Waals surface area contributed by atoms with Crippen LogP contribution >= 0.6 is 11.6 Å². The first kappa shape index (κ1) is 13.3. The van der Waals surface area contributed by atoms with Gasteiger partial charge < -0.3 is 10.5 Å². The number of halogens is 3. The van der Waals surface area contributed by atoms with Gasteiger partial charge >= 0.3 is 0 Å². The highest BCUT2D eigenvalue weighted by Gasteiger charge is 2.27. The van der Waals surface area contributed by atoms with Crippen LogP contribution in [0.2, 0.25) is 5.02 Å². The summed E-state index contributed by atoms with van der Waals surface area (Å²) < 4.78 is 32.4. The van der Waals surface area contributed by atoms with Gasteiger partial charge in [0.05, 0.1) is 0 Å². The summed E-state index contributed by atoms with van der Waals surface area (Å²) in [5.41, 5.74) is 7.42. The van der Waals surface area contributed by atoms with E-state index in [4.69, 9.17) is 22.1 Å². The topological polar surface area (TPSA) is 35.2 Å². The van der Waals surface area contributed by atoms with E-state index in [1.807, 2.05) is 0 Å². The fraction of sp³-hybridized carbons (Fsp3) is 0.200.